The standard InChI is InChI=1S/C4H6N2O/c7-4-5-2-1-3-6-4/h2H,1,3H2,(H,6,7)/p+1. The first-order chi connectivity index (χ1) is 3.39. The Kier molecular flexibility index (Phi) is 1.06. The Hall–Kier alpha value is -0.860. The summed E-state index contributed by atoms with van der Waals surface area (Å²) in [5.74, 6) is 0. The van der Waals surface area contributed by atoms with Gasteiger partial charge in [0.1, 0.15) is 0 Å². The van der Waals surface area contributed by atoms with E-state index in [-0.39, 0.29) is 6.03 Å². The Morgan fingerprint density at radius 2 is 2.71 bits per heavy atom. The molecule has 1 rings (SSSR count). The summed E-state index contributed by atoms with van der Waals surface area (Å²) >= 11 is 0. The van der Waals surface area contributed by atoms with Crippen molar-refractivity contribution < 1.29 is 9.79 Å². The predicted molar refractivity (Wildman–Crippen MR) is 25.0 cm³/mol. The van der Waals surface area contributed by atoms with Gasteiger partial charge in [-0.15, -0.1) is 0 Å². The molecular formula is C4H7N2O+. The second kappa shape index (κ2) is 1.73. The van der Waals surface area contributed by atoms with Crippen molar-refractivity contribution in [3.05, 3.63) is 0 Å². The van der Waals surface area contributed by atoms with E-state index in [1.807, 2.05) is 0 Å². The number of urea groups is 1. The van der Waals surface area contributed by atoms with Crippen LogP contribution in [0.3, 0.4) is 0 Å². The monoisotopic (exact) mass is 99.1 g/mol. The summed E-state index contributed by atoms with van der Waals surface area (Å²) in [6.07, 6.45) is 2.67. The van der Waals surface area contributed by atoms with Crippen LogP contribution < -0.4 is 10.3 Å². The summed E-state index contributed by atoms with van der Waals surface area (Å²) in [6.45, 7) is 0.770. The van der Waals surface area contributed by atoms with Crippen molar-refractivity contribution in [1.82, 2.24) is 5.32 Å². The summed E-state index contributed by atoms with van der Waals surface area (Å²) in [4.78, 5) is 12.7. The average molecular weight is 99.1 g/mol. The zero-order valence-electron chi connectivity index (χ0n) is 3.90. The zero-order chi connectivity index (χ0) is 5.11. The number of rotatable bonds is 0. The smallest absolute Gasteiger partial charge is 0.238 e. The molecule has 1 aliphatic heterocycles. The van der Waals surface area contributed by atoms with Gasteiger partial charge in [0.15, 0.2) is 0 Å². The fourth-order valence-corrected chi connectivity index (χ4v) is 0.474. The Labute approximate surface area is 41.4 Å². The van der Waals surface area contributed by atoms with Crippen molar-refractivity contribution >= 4 is 12.2 Å². The van der Waals surface area contributed by atoms with Crippen LogP contribution in [-0.4, -0.2) is 18.8 Å². The first-order valence-corrected chi connectivity index (χ1v) is 2.25. The van der Waals surface area contributed by atoms with Crippen LogP contribution in [0.5, 0.6) is 0 Å². The topological polar surface area (TPSA) is 43.1 Å². The molecule has 2 N–H and O–H groups in total. The van der Waals surface area contributed by atoms with E-state index in [0.29, 0.717) is 0 Å². The minimum atomic E-state index is -0.0914. The maximum Gasteiger partial charge on any atom is 0.488 e. The predicted octanol–water partition coefficient (Wildman–Crippen LogP) is -1.75. The Balaban J connectivity index is 2.51. The fraction of sp³-hybridized carbons (Fsp3) is 0.500. The first kappa shape index (κ1) is 4.30. The molecule has 0 bridgehead atoms. The molecule has 0 spiro atoms. The summed E-state index contributed by atoms with van der Waals surface area (Å²) in [7, 11) is 0. The second-order valence-corrected chi connectivity index (χ2v) is 1.39. The number of carbonyl (C=O) groups excluding carboxylic acids is 1. The van der Waals surface area contributed by atoms with Crippen LogP contribution in [0, 0.1) is 0 Å². The highest BCUT2D eigenvalue weighted by atomic mass is 16.2. The van der Waals surface area contributed by atoms with E-state index in [1.54, 1.807) is 6.21 Å². The lowest BCUT2D eigenvalue weighted by molar-refractivity contribution is -0.342. The van der Waals surface area contributed by atoms with Gasteiger partial charge in [-0.2, -0.15) is 4.79 Å². The SMILES string of the molecule is O=C1NCCC=[NH+]1. The van der Waals surface area contributed by atoms with Gasteiger partial charge >= 0.3 is 6.03 Å². The van der Waals surface area contributed by atoms with Crippen LogP contribution in [0.2, 0.25) is 0 Å². The normalized spacial score (nSPS) is 19.1. The van der Waals surface area contributed by atoms with Crippen molar-refractivity contribution in [3.63, 3.8) is 0 Å². The minimum absolute atomic E-state index is 0.0914. The molecule has 1 heterocycles. The third-order valence-electron chi connectivity index (χ3n) is 0.807. The van der Waals surface area contributed by atoms with Gasteiger partial charge in [0, 0.05) is 6.42 Å². The number of nitrogens with one attached hydrogen (secondary N) is 2. The molecule has 0 radical (unpaired) electrons. The van der Waals surface area contributed by atoms with Crippen molar-refractivity contribution in [1.29, 1.82) is 0 Å². The number of amides is 2. The molecule has 38 valence electrons. The Bertz CT molecular complexity index is 108. The second-order valence-electron chi connectivity index (χ2n) is 1.39. The molecule has 0 aromatic rings. The van der Waals surface area contributed by atoms with E-state index in [4.69, 9.17) is 0 Å². The maximum atomic E-state index is 10.2. The summed E-state index contributed by atoms with van der Waals surface area (Å²) in [5, 5.41) is 2.60. The number of hydrogen-bond donors (Lipinski definition) is 2. The van der Waals surface area contributed by atoms with Crippen molar-refractivity contribution in [2.75, 3.05) is 6.54 Å². The molecule has 0 aliphatic carbocycles. The molecule has 0 atom stereocenters. The maximum absolute atomic E-state index is 10.2. The average Bonchev–Trinajstić information content (AvgIpc) is 1.69. The molecule has 3 nitrogen and oxygen atoms in total. The molecule has 0 aromatic carbocycles. The van der Waals surface area contributed by atoms with Crippen LogP contribution in [0.15, 0.2) is 0 Å². The lowest BCUT2D eigenvalue weighted by Gasteiger charge is -1.93. The lowest BCUT2D eigenvalue weighted by atomic mass is 10.4. The van der Waals surface area contributed by atoms with E-state index in [1.165, 1.54) is 0 Å². The van der Waals surface area contributed by atoms with E-state index < -0.39 is 0 Å². The van der Waals surface area contributed by atoms with Gasteiger partial charge in [-0.25, -0.2) is 10.3 Å². The third kappa shape index (κ3) is 0.994. The van der Waals surface area contributed by atoms with Gasteiger partial charge < -0.3 is 0 Å². The molecule has 1 aliphatic rings. The van der Waals surface area contributed by atoms with E-state index in [0.717, 1.165) is 13.0 Å². The highest BCUT2D eigenvalue weighted by Crippen LogP contribution is 1.66. The van der Waals surface area contributed by atoms with Crippen LogP contribution in [0.25, 0.3) is 0 Å². The van der Waals surface area contributed by atoms with Crippen LogP contribution in [-0.2, 0) is 0 Å². The first-order valence-electron chi connectivity index (χ1n) is 2.25. The summed E-state index contributed by atoms with van der Waals surface area (Å²) in [6, 6.07) is -0.0914. The van der Waals surface area contributed by atoms with E-state index in [2.05, 4.69) is 10.3 Å². The van der Waals surface area contributed by atoms with Crippen molar-refractivity contribution in [2.45, 2.75) is 6.42 Å². The molecule has 2 amide bonds. The van der Waals surface area contributed by atoms with Gasteiger partial charge in [-0.05, 0) is 0 Å². The molecule has 0 unspecified atom stereocenters. The van der Waals surface area contributed by atoms with E-state index >= 15 is 0 Å². The highest BCUT2D eigenvalue weighted by Gasteiger charge is 2.05. The molecule has 7 heavy (non-hydrogen) atoms. The van der Waals surface area contributed by atoms with Crippen molar-refractivity contribution in [2.24, 2.45) is 0 Å². The molecule has 0 saturated heterocycles. The molecule has 0 aromatic heterocycles. The van der Waals surface area contributed by atoms with Gasteiger partial charge in [-0.3, -0.25) is 0 Å². The van der Waals surface area contributed by atoms with Crippen LogP contribution >= 0.6 is 0 Å². The third-order valence-corrected chi connectivity index (χ3v) is 0.807. The number of carbonyl (C=O) groups is 1. The Morgan fingerprint density at radius 3 is 3.00 bits per heavy atom. The highest BCUT2D eigenvalue weighted by molar-refractivity contribution is 5.70. The van der Waals surface area contributed by atoms with Gasteiger partial charge in [-0.1, -0.05) is 0 Å². The lowest BCUT2D eigenvalue weighted by Crippen LogP contribution is -2.79. The molecular weight excluding hydrogens is 92.1 g/mol. The van der Waals surface area contributed by atoms with Crippen LogP contribution in [0.1, 0.15) is 6.42 Å². The van der Waals surface area contributed by atoms with Gasteiger partial charge in [0.05, 0.1) is 12.8 Å². The fourth-order valence-electron chi connectivity index (χ4n) is 0.474. The van der Waals surface area contributed by atoms with Crippen molar-refractivity contribution in [3.8, 4) is 0 Å². The zero-order valence-corrected chi connectivity index (χ0v) is 3.90. The summed E-state index contributed by atoms with van der Waals surface area (Å²) in [5.41, 5.74) is 0. The quantitative estimate of drug-likeness (QED) is 0.371. The molecule has 3 heteroatoms. The Morgan fingerprint density at radius 1 is 1.86 bits per heavy atom. The molecule has 0 fully saturated rings. The largest absolute Gasteiger partial charge is 0.488 e. The van der Waals surface area contributed by atoms with Gasteiger partial charge in [0.25, 0.3) is 0 Å². The number of hydrogen-bond acceptors (Lipinski definition) is 1. The van der Waals surface area contributed by atoms with E-state index in [9.17, 15) is 4.79 Å². The molecule has 0 saturated carbocycles. The van der Waals surface area contributed by atoms with Crippen LogP contribution in [0.4, 0.5) is 4.79 Å². The van der Waals surface area contributed by atoms with Gasteiger partial charge in [0.2, 0.25) is 0 Å². The minimum Gasteiger partial charge on any atom is -0.238 e. The summed E-state index contributed by atoms with van der Waals surface area (Å²) < 4.78 is 0.